The lowest BCUT2D eigenvalue weighted by Gasteiger charge is -2.09. The molecule has 0 aromatic carbocycles. The van der Waals surface area contributed by atoms with Crippen molar-refractivity contribution in [1.29, 1.82) is 0 Å². The minimum absolute atomic E-state index is 2.71. The molecule has 0 aliphatic heterocycles. The molecule has 0 rings (SSSR count). The fraction of sp³-hybridized carbons (Fsp3) is 1.00. The molecule has 10 heteroatoms. The van der Waals surface area contributed by atoms with Crippen LogP contribution in [-0.2, 0) is 0 Å². The maximum atomic E-state index is 11.7. The molecule has 0 aliphatic carbocycles. The number of halogens is 4. The Hall–Kier alpha value is -1.48. The quantitative estimate of drug-likeness (QED) is 0.285. The van der Waals surface area contributed by atoms with Gasteiger partial charge in [0.05, 0.1) is 0 Å². The van der Waals surface area contributed by atoms with Gasteiger partial charge in [0.25, 0.3) is 0 Å². The van der Waals surface area contributed by atoms with E-state index in [1.807, 2.05) is 0 Å². The van der Waals surface area contributed by atoms with E-state index < -0.39 is 21.9 Å². The summed E-state index contributed by atoms with van der Waals surface area (Å²) in [6, 6.07) is -11.8. The summed E-state index contributed by atoms with van der Waals surface area (Å²) in [6.07, 6.45) is 0. The molecule has 12 heavy (non-hydrogen) atoms. The van der Waals surface area contributed by atoms with Crippen LogP contribution < -0.4 is 0 Å². The molecule has 0 aliphatic rings. The van der Waals surface area contributed by atoms with Crippen molar-refractivity contribution < 1.29 is 27.4 Å². The summed E-state index contributed by atoms with van der Waals surface area (Å²) in [5.74, 6) is 0. The van der Waals surface area contributed by atoms with Crippen molar-refractivity contribution in [1.82, 2.24) is 0 Å². The van der Waals surface area contributed by atoms with E-state index in [-0.39, 0.29) is 0 Å². The summed E-state index contributed by atoms with van der Waals surface area (Å²) in [4.78, 5) is 13.1. The molecule has 0 fully saturated rings. The highest BCUT2D eigenvalue weighted by molar-refractivity contribution is 4.62. The number of nitro groups is 2. The van der Waals surface area contributed by atoms with E-state index in [1.165, 1.54) is 0 Å². The number of rotatable bonds is 3. The summed E-state index contributed by atoms with van der Waals surface area (Å²) >= 11 is 0. The molecule has 0 bridgehead atoms. The molecule has 0 amide bonds. The number of nitrogens with zero attached hydrogens (tertiary/aromatic N) is 2. The van der Waals surface area contributed by atoms with Crippen LogP contribution in [0, 0.1) is 20.2 Å². The van der Waals surface area contributed by atoms with Crippen molar-refractivity contribution >= 4 is 0 Å². The topological polar surface area (TPSA) is 86.3 Å². The lowest BCUT2D eigenvalue weighted by Crippen LogP contribution is -2.51. The monoisotopic (exact) mass is 192 g/mol. The predicted molar refractivity (Wildman–Crippen MR) is 23.9 cm³/mol. The zero-order valence-corrected chi connectivity index (χ0v) is 5.04. The third kappa shape index (κ3) is 1.26. The van der Waals surface area contributed by atoms with Gasteiger partial charge in [-0.05, 0) is 0 Å². The van der Waals surface area contributed by atoms with Crippen LogP contribution in [0.25, 0.3) is 0 Å². The average Bonchev–Trinajstić information content (AvgIpc) is 1.86. The van der Waals surface area contributed by atoms with E-state index in [0.717, 1.165) is 0 Å². The molecule has 6 nitrogen and oxygen atoms in total. The second kappa shape index (κ2) is 2.53. The molecule has 0 aromatic rings. The fourth-order valence-corrected chi connectivity index (χ4v) is 0.220. The van der Waals surface area contributed by atoms with Crippen molar-refractivity contribution in [2.24, 2.45) is 0 Å². The first-order valence-electron chi connectivity index (χ1n) is 2.18. The van der Waals surface area contributed by atoms with Gasteiger partial charge in [-0.3, -0.25) is 20.2 Å². The van der Waals surface area contributed by atoms with Gasteiger partial charge in [0.2, 0.25) is 0 Å². The van der Waals surface area contributed by atoms with Crippen LogP contribution in [0.1, 0.15) is 0 Å². The Morgan fingerprint density at radius 3 is 1.08 bits per heavy atom. The molecular weight excluding hydrogens is 192 g/mol. The first-order valence-corrected chi connectivity index (χ1v) is 2.18. The smallest absolute Gasteiger partial charge is 0.259 e. The normalized spacial score (nSPS) is 12.7. The van der Waals surface area contributed by atoms with Gasteiger partial charge in [-0.1, -0.05) is 0 Å². The zero-order chi connectivity index (χ0) is 10.2. The molecule has 0 aromatic heterocycles. The number of hydrogen-bond donors (Lipinski definition) is 0. The highest BCUT2D eigenvalue weighted by atomic mass is 19.3. The van der Waals surface area contributed by atoms with Gasteiger partial charge >= 0.3 is 12.1 Å². The Morgan fingerprint density at radius 2 is 1.00 bits per heavy atom. The molecular formula is C2F4N2O4. The number of hydrogen-bond acceptors (Lipinski definition) is 4. The van der Waals surface area contributed by atoms with Gasteiger partial charge in [0.15, 0.2) is 0 Å². The van der Waals surface area contributed by atoms with Crippen LogP contribution in [-0.4, -0.2) is 21.9 Å². The highest BCUT2D eigenvalue weighted by Crippen LogP contribution is 2.34. The Kier molecular flexibility index (Phi) is 2.22. The van der Waals surface area contributed by atoms with Crippen LogP contribution >= 0.6 is 0 Å². The van der Waals surface area contributed by atoms with E-state index >= 15 is 0 Å². The largest absolute Gasteiger partial charge is 0.653 e. The third-order valence-electron chi connectivity index (χ3n) is 0.820. The average molecular weight is 192 g/mol. The van der Waals surface area contributed by atoms with Crippen LogP contribution in [0.3, 0.4) is 0 Å². The molecule has 0 heterocycles. The summed E-state index contributed by atoms with van der Waals surface area (Å²) < 4.78 is 46.7. The van der Waals surface area contributed by atoms with E-state index in [0.29, 0.717) is 0 Å². The van der Waals surface area contributed by atoms with Crippen LogP contribution in [0.2, 0.25) is 0 Å². The molecule has 0 saturated carbocycles. The fourth-order valence-electron chi connectivity index (χ4n) is 0.220. The first-order chi connectivity index (χ1) is 5.14. The van der Waals surface area contributed by atoms with Crippen LogP contribution in [0.15, 0.2) is 0 Å². The minimum Gasteiger partial charge on any atom is -0.259 e. The Bertz CT molecular complexity index is 203. The lowest BCUT2D eigenvalue weighted by atomic mass is 10.5. The van der Waals surface area contributed by atoms with Gasteiger partial charge in [0, 0.05) is 0 Å². The molecule has 0 N–H and O–H groups in total. The van der Waals surface area contributed by atoms with Crippen molar-refractivity contribution in [2.45, 2.75) is 12.1 Å². The zero-order valence-electron chi connectivity index (χ0n) is 5.04. The van der Waals surface area contributed by atoms with E-state index in [2.05, 4.69) is 0 Å². The molecule has 0 saturated heterocycles. The number of alkyl halides is 4. The van der Waals surface area contributed by atoms with Gasteiger partial charge in [0.1, 0.15) is 9.85 Å². The highest BCUT2D eigenvalue weighted by Gasteiger charge is 2.80. The lowest BCUT2D eigenvalue weighted by molar-refractivity contribution is -0.785. The predicted octanol–water partition coefficient (Wildman–Crippen LogP) is 0.725. The Morgan fingerprint density at radius 1 is 0.833 bits per heavy atom. The standard InChI is InChI=1S/C2F4N2O4/c3-1(4,7(9)10)2(5,6)8(11)12. The summed E-state index contributed by atoms with van der Waals surface area (Å²) in [5.41, 5.74) is 0. The minimum atomic E-state index is -5.89. The second-order valence-electron chi connectivity index (χ2n) is 1.60. The van der Waals surface area contributed by atoms with Crippen molar-refractivity contribution in [3.05, 3.63) is 20.2 Å². The Labute approximate surface area is 61.1 Å². The van der Waals surface area contributed by atoms with E-state index in [4.69, 9.17) is 0 Å². The third-order valence-corrected chi connectivity index (χ3v) is 0.820. The van der Waals surface area contributed by atoms with Gasteiger partial charge in [-0.15, -0.1) is 17.6 Å². The molecule has 0 atom stereocenters. The van der Waals surface area contributed by atoms with Crippen molar-refractivity contribution in [2.75, 3.05) is 0 Å². The maximum absolute atomic E-state index is 11.7. The summed E-state index contributed by atoms with van der Waals surface area (Å²) in [5, 5.41) is 18.5. The van der Waals surface area contributed by atoms with E-state index in [9.17, 15) is 37.8 Å². The molecule has 0 unspecified atom stereocenters. The van der Waals surface area contributed by atoms with Crippen LogP contribution in [0.5, 0.6) is 0 Å². The van der Waals surface area contributed by atoms with Gasteiger partial charge in [-0.2, -0.15) is 0 Å². The van der Waals surface area contributed by atoms with Crippen molar-refractivity contribution in [3.8, 4) is 0 Å². The summed E-state index contributed by atoms with van der Waals surface area (Å²) in [7, 11) is 0. The van der Waals surface area contributed by atoms with E-state index in [1.54, 1.807) is 0 Å². The molecule has 70 valence electrons. The van der Waals surface area contributed by atoms with Gasteiger partial charge in [-0.25, -0.2) is 0 Å². The first kappa shape index (κ1) is 10.5. The SMILES string of the molecule is O=[N+]([O-])C(F)(F)C(F)(F)[N+](=O)[O-]. The molecule has 0 radical (unpaired) electrons. The van der Waals surface area contributed by atoms with Gasteiger partial charge < -0.3 is 0 Å². The molecule has 0 spiro atoms. The second-order valence-corrected chi connectivity index (χ2v) is 1.60. The Balaban J connectivity index is 5.01. The maximum Gasteiger partial charge on any atom is 0.653 e. The van der Waals surface area contributed by atoms with Crippen molar-refractivity contribution in [3.63, 3.8) is 0 Å². The van der Waals surface area contributed by atoms with Crippen LogP contribution in [0.4, 0.5) is 17.6 Å². The summed E-state index contributed by atoms with van der Waals surface area (Å²) in [6.45, 7) is 0.